The summed E-state index contributed by atoms with van der Waals surface area (Å²) in [5.41, 5.74) is 2.13. The van der Waals surface area contributed by atoms with Crippen molar-refractivity contribution in [2.24, 2.45) is 13.0 Å². The van der Waals surface area contributed by atoms with Crippen LogP contribution >= 0.6 is 0 Å². The Labute approximate surface area is 109 Å². The summed E-state index contributed by atoms with van der Waals surface area (Å²) in [5, 5.41) is 10.4. The molecule has 1 heterocycles. The number of hydrogen-bond donors (Lipinski definition) is 2. The van der Waals surface area contributed by atoms with E-state index >= 15 is 0 Å². The molecule has 0 saturated carbocycles. The van der Waals surface area contributed by atoms with Gasteiger partial charge in [-0.2, -0.15) is 5.10 Å². The predicted octanol–water partition coefficient (Wildman–Crippen LogP) is 0.979. The number of nitrogens with one attached hydrogen (secondary N) is 2. The topological polar surface area (TPSA) is 59.0 Å². The fourth-order valence-corrected chi connectivity index (χ4v) is 1.64. The zero-order valence-corrected chi connectivity index (χ0v) is 11.9. The van der Waals surface area contributed by atoms with Crippen LogP contribution in [0.15, 0.2) is 6.20 Å². The van der Waals surface area contributed by atoms with Crippen LogP contribution in [0.4, 0.5) is 0 Å². The zero-order chi connectivity index (χ0) is 13.7. The van der Waals surface area contributed by atoms with Crippen LogP contribution in [0.25, 0.3) is 0 Å². The first kappa shape index (κ1) is 14.7. The summed E-state index contributed by atoms with van der Waals surface area (Å²) in [4.78, 5) is 11.8. The molecule has 0 bridgehead atoms. The van der Waals surface area contributed by atoms with E-state index in [1.165, 1.54) is 0 Å². The number of aromatic nitrogens is 2. The average Bonchev–Trinajstić information content (AvgIpc) is 2.61. The van der Waals surface area contributed by atoms with E-state index in [1.54, 1.807) is 4.68 Å². The van der Waals surface area contributed by atoms with E-state index < -0.39 is 0 Å². The summed E-state index contributed by atoms with van der Waals surface area (Å²) >= 11 is 0. The van der Waals surface area contributed by atoms with Crippen LogP contribution in [-0.4, -0.2) is 28.3 Å². The molecule has 1 atom stereocenters. The van der Waals surface area contributed by atoms with Crippen LogP contribution in [0.2, 0.25) is 0 Å². The Morgan fingerprint density at radius 3 is 2.61 bits per heavy atom. The van der Waals surface area contributed by atoms with E-state index in [0.29, 0.717) is 12.5 Å². The molecule has 0 radical (unpaired) electrons. The molecule has 0 fully saturated rings. The Kier molecular flexibility index (Phi) is 5.34. The summed E-state index contributed by atoms with van der Waals surface area (Å²) < 4.78 is 1.79. The van der Waals surface area contributed by atoms with Gasteiger partial charge in [0.15, 0.2) is 0 Å². The van der Waals surface area contributed by atoms with Gasteiger partial charge in [0.25, 0.3) is 0 Å². The molecule has 1 unspecified atom stereocenters. The van der Waals surface area contributed by atoms with E-state index in [4.69, 9.17) is 0 Å². The molecule has 5 nitrogen and oxygen atoms in total. The highest BCUT2D eigenvalue weighted by molar-refractivity contribution is 5.81. The minimum Gasteiger partial charge on any atom is -0.354 e. The van der Waals surface area contributed by atoms with Gasteiger partial charge < -0.3 is 10.6 Å². The normalized spacial score (nSPS) is 12.8. The van der Waals surface area contributed by atoms with Crippen molar-refractivity contribution < 1.29 is 4.79 Å². The second-order valence-electron chi connectivity index (χ2n) is 5.16. The van der Waals surface area contributed by atoms with Crippen LogP contribution in [0.3, 0.4) is 0 Å². The largest absolute Gasteiger partial charge is 0.354 e. The van der Waals surface area contributed by atoms with Gasteiger partial charge >= 0.3 is 0 Å². The Morgan fingerprint density at radius 1 is 1.44 bits per heavy atom. The maximum Gasteiger partial charge on any atom is 0.236 e. The Bertz CT molecular complexity index is 398. The number of hydrogen-bond acceptors (Lipinski definition) is 3. The standard InChI is InChI=1S/C13H24N4O/c1-9(2)6-15-13(18)11(4)14-7-12-8-17(5)16-10(12)3/h8-9,11,14H,6-7H2,1-5H3,(H,15,18). The molecule has 1 rings (SSSR count). The van der Waals surface area contributed by atoms with Gasteiger partial charge in [0.2, 0.25) is 5.91 Å². The molecule has 1 amide bonds. The number of carbonyl (C=O) groups is 1. The molecule has 102 valence electrons. The lowest BCUT2D eigenvalue weighted by Crippen LogP contribution is -2.43. The van der Waals surface area contributed by atoms with E-state index in [9.17, 15) is 4.79 Å². The van der Waals surface area contributed by atoms with E-state index in [1.807, 2.05) is 27.1 Å². The second kappa shape index (κ2) is 6.54. The molecule has 0 spiro atoms. The van der Waals surface area contributed by atoms with Crippen LogP contribution in [-0.2, 0) is 18.4 Å². The van der Waals surface area contributed by atoms with Gasteiger partial charge in [-0.3, -0.25) is 9.48 Å². The van der Waals surface area contributed by atoms with Gasteiger partial charge in [0.1, 0.15) is 0 Å². The monoisotopic (exact) mass is 252 g/mol. The Balaban J connectivity index is 2.38. The molecule has 5 heteroatoms. The summed E-state index contributed by atoms with van der Waals surface area (Å²) in [5.74, 6) is 0.520. The molecular weight excluding hydrogens is 228 g/mol. The van der Waals surface area contributed by atoms with Crippen molar-refractivity contribution in [1.82, 2.24) is 20.4 Å². The third-order valence-corrected chi connectivity index (χ3v) is 2.79. The van der Waals surface area contributed by atoms with E-state index in [0.717, 1.165) is 17.8 Å². The molecule has 2 N–H and O–H groups in total. The maximum atomic E-state index is 11.8. The number of carbonyl (C=O) groups excluding carboxylic acids is 1. The first-order chi connectivity index (χ1) is 8.40. The van der Waals surface area contributed by atoms with Crippen molar-refractivity contribution in [3.05, 3.63) is 17.5 Å². The van der Waals surface area contributed by atoms with Gasteiger partial charge in [-0.05, 0) is 19.8 Å². The molecular formula is C13H24N4O. The minimum absolute atomic E-state index is 0.0465. The summed E-state index contributed by atoms with van der Waals surface area (Å²) in [6, 6.07) is -0.191. The fourth-order valence-electron chi connectivity index (χ4n) is 1.64. The Hall–Kier alpha value is -1.36. The van der Waals surface area contributed by atoms with E-state index in [2.05, 4.69) is 29.6 Å². The molecule has 0 saturated heterocycles. The van der Waals surface area contributed by atoms with Crippen molar-refractivity contribution in [2.75, 3.05) is 6.54 Å². The van der Waals surface area contributed by atoms with Gasteiger partial charge in [0, 0.05) is 31.9 Å². The summed E-state index contributed by atoms with van der Waals surface area (Å²) in [6.07, 6.45) is 1.97. The first-order valence-electron chi connectivity index (χ1n) is 6.40. The summed E-state index contributed by atoms with van der Waals surface area (Å²) in [7, 11) is 1.90. The van der Waals surface area contributed by atoms with Gasteiger partial charge in [-0.25, -0.2) is 0 Å². The van der Waals surface area contributed by atoms with Gasteiger partial charge in [-0.1, -0.05) is 13.8 Å². The van der Waals surface area contributed by atoms with Crippen molar-refractivity contribution in [3.8, 4) is 0 Å². The number of rotatable bonds is 6. The van der Waals surface area contributed by atoms with Crippen LogP contribution < -0.4 is 10.6 Å². The lowest BCUT2D eigenvalue weighted by Gasteiger charge is -2.14. The molecule has 0 aliphatic carbocycles. The third kappa shape index (κ3) is 4.49. The highest BCUT2D eigenvalue weighted by atomic mass is 16.2. The number of aryl methyl sites for hydroxylation is 2. The quantitative estimate of drug-likeness (QED) is 0.793. The smallest absolute Gasteiger partial charge is 0.236 e. The fraction of sp³-hybridized carbons (Fsp3) is 0.692. The van der Waals surface area contributed by atoms with Gasteiger partial charge in [0.05, 0.1) is 11.7 Å². The van der Waals surface area contributed by atoms with E-state index in [-0.39, 0.29) is 11.9 Å². The lowest BCUT2D eigenvalue weighted by atomic mass is 10.2. The highest BCUT2D eigenvalue weighted by Crippen LogP contribution is 2.04. The van der Waals surface area contributed by atoms with Crippen molar-refractivity contribution in [2.45, 2.75) is 40.3 Å². The summed E-state index contributed by atoms with van der Waals surface area (Å²) in [6.45, 7) is 9.39. The second-order valence-corrected chi connectivity index (χ2v) is 5.16. The van der Waals surface area contributed by atoms with Crippen molar-refractivity contribution >= 4 is 5.91 Å². The molecule has 18 heavy (non-hydrogen) atoms. The van der Waals surface area contributed by atoms with Crippen molar-refractivity contribution in [1.29, 1.82) is 0 Å². The lowest BCUT2D eigenvalue weighted by molar-refractivity contribution is -0.122. The molecule has 0 aliphatic rings. The molecule has 0 aliphatic heterocycles. The SMILES string of the molecule is Cc1nn(C)cc1CNC(C)C(=O)NCC(C)C. The maximum absolute atomic E-state index is 11.8. The zero-order valence-electron chi connectivity index (χ0n) is 11.9. The van der Waals surface area contributed by atoms with Crippen LogP contribution in [0.5, 0.6) is 0 Å². The number of nitrogens with zero attached hydrogens (tertiary/aromatic N) is 2. The van der Waals surface area contributed by atoms with Crippen LogP contribution in [0, 0.1) is 12.8 Å². The first-order valence-corrected chi connectivity index (χ1v) is 6.40. The molecule has 0 aromatic carbocycles. The third-order valence-electron chi connectivity index (χ3n) is 2.79. The Morgan fingerprint density at radius 2 is 2.11 bits per heavy atom. The predicted molar refractivity (Wildman–Crippen MR) is 72.1 cm³/mol. The average molecular weight is 252 g/mol. The van der Waals surface area contributed by atoms with Crippen molar-refractivity contribution in [3.63, 3.8) is 0 Å². The highest BCUT2D eigenvalue weighted by Gasteiger charge is 2.13. The van der Waals surface area contributed by atoms with Gasteiger partial charge in [-0.15, -0.1) is 0 Å². The molecule has 1 aromatic rings. The number of amides is 1. The minimum atomic E-state index is -0.191. The molecule has 1 aromatic heterocycles. The van der Waals surface area contributed by atoms with Crippen LogP contribution in [0.1, 0.15) is 32.0 Å².